The number of ether oxygens (including phenoxy) is 3. The number of carbonyl (C=O) groups excluding carboxylic acids is 1. The molecule has 30 heavy (non-hydrogen) atoms. The fraction of sp³-hybridized carbons (Fsp3) is 0.381. The molecule has 9 heteroatoms. The van der Waals surface area contributed by atoms with Crippen molar-refractivity contribution in [1.29, 1.82) is 0 Å². The van der Waals surface area contributed by atoms with Gasteiger partial charge in [-0.25, -0.2) is 8.42 Å². The van der Waals surface area contributed by atoms with Crippen LogP contribution < -0.4 is 23.8 Å². The van der Waals surface area contributed by atoms with Crippen LogP contribution in [-0.2, 0) is 21.4 Å². The number of amides is 1. The first-order valence-electron chi connectivity index (χ1n) is 9.62. The van der Waals surface area contributed by atoms with Gasteiger partial charge in [-0.3, -0.25) is 9.10 Å². The molecule has 162 valence electrons. The van der Waals surface area contributed by atoms with Crippen LogP contribution in [0.1, 0.15) is 19.4 Å². The highest BCUT2D eigenvalue weighted by atomic mass is 32.2. The number of carbonyl (C=O) groups is 1. The molecule has 0 unspecified atom stereocenters. The van der Waals surface area contributed by atoms with Crippen LogP contribution in [0.4, 0.5) is 5.69 Å². The SMILES string of the molecule is CC(C)Oc1ccc(CNC(=O)CN(c2ccc3c(c2)OCCO3)S(C)(=O)=O)cc1. The average molecular weight is 435 g/mol. The van der Waals surface area contributed by atoms with E-state index < -0.39 is 15.9 Å². The van der Waals surface area contributed by atoms with Crippen LogP contribution in [0.2, 0.25) is 0 Å². The van der Waals surface area contributed by atoms with Crippen molar-refractivity contribution in [1.82, 2.24) is 5.32 Å². The molecule has 8 nitrogen and oxygen atoms in total. The van der Waals surface area contributed by atoms with Gasteiger partial charge in [-0.1, -0.05) is 12.1 Å². The van der Waals surface area contributed by atoms with E-state index in [-0.39, 0.29) is 19.2 Å². The first-order chi connectivity index (χ1) is 14.2. The van der Waals surface area contributed by atoms with Crippen molar-refractivity contribution in [3.8, 4) is 17.2 Å². The van der Waals surface area contributed by atoms with Crippen LogP contribution in [0.25, 0.3) is 0 Å². The van der Waals surface area contributed by atoms with Crippen LogP contribution in [0.3, 0.4) is 0 Å². The van der Waals surface area contributed by atoms with Gasteiger partial charge in [0.1, 0.15) is 25.5 Å². The Morgan fingerprint density at radius 1 is 1.10 bits per heavy atom. The van der Waals surface area contributed by atoms with Gasteiger partial charge in [0.2, 0.25) is 15.9 Å². The van der Waals surface area contributed by atoms with Crippen molar-refractivity contribution in [3.63, 3.8) is 0 Å². The molecule has 0 saturated carbocycles. The third-order valence-corrected chi connectivity index (χ3v) is 5.43. The van der Waals surface area contributed by atoms with Gasteiger partial charge in [-0.15, -0.1) is 0 Å². The van der Waals surface area contributed by atoms with Gasteiger partial charge in [-0.2, -0.15) is 0 Å². The summed E-state index contributed by atoms with van der Waals surface area (Å²) >= 11 is 0. The highest BCUT2D eigenvalue weighted by Gasteiger charge is 2.23. The molecule has 0 aromatic heterocycles. The van der Waals surface area contributed by atoms with Crippen molar-refractivity contribution in [3.05, 3.63) is 48.0 Å². The molecule has 1 heterocycles. The van der Waals surface area contributed by atoms with Crippen molar-refractivity contribution in [2.75, 3.05) is 30.3 Å². The molecule has 0 atom stereocenters. The summed E-state index contributed by atoms with van der Waals surface area (Å²) < 4.78 is 42.2. The van der Waals surface area contributed by atoms with Gasteiger partial charge in [0, 0.05) is 12.6 Å². The van der Waals surface area contributed by atoms with Gasteiger partial charge in [0.05, 0.1) is 18.0 Å². The third-order valence-electron chi connectivity index (χ3n) is 4.29. The number of sulfonamides is 1. The molecular formula is C21H26N2O6S. The summed E-state index contributed by atoms with van der Waals surface area (Å²) in [5.74, 6) is 1.34. The summed E-state index contributed by atoms with van der Waals surface area (Å²) in [4.78, 5) is 12.5. The summed E-state index contributed by atoms with van der Waals surface area (Å²) in [6.07, 6.45) is 1.14. The molecule has 0 aliphatic carbocycles. The Kier molecular flexibility index (Phi) is 6.71. The van der Waals surface area contributed by atoms with E-state index in [1.165, 1.54) is 0 Å². The minimum Gasteiger partial charge on any atom is -0.491 e. The van der Waals surface area contributed by atoms with E-state index >= 15 is 0 Å². The minimum atomic E-state index is -3.68. The first kappa shape index (κ1) is 21.8. The van der Waals surface area contributed by atoms with Crippen LogP contribution in [0.15, 0.2) is 42.5 Å². The van der Waals surface area contributed by atoms with E-state index in [9.17, 15) is 13.2 Å². The predicted molar refractivity (Wildman–Crippen MR) is 114 cm³/mol. The zero-order valence-electron chi connectivity index (χ0n) is 17.3. The summed E-state index contributed by atoms with van der Waals surface area (Å²) in [5, 5.41) is 2.75. The van der Waals surface area contributed by atoms with E-state index in [1.807, 2.05) is 38.1 Å². The predicted octanol–water partition coefficient (Wildman–Crippen LogP) is 2.33. The molecule has 0 bridgehead atoms. The second-order valence-corrected chi connectivity index (χ2v) is 9.09. The van der Waals surface area contributed by atoms with E-state index in [0.29, 0.717) is 30.4 Å². The number of fused-ring (bicyclic) bond motifs is 1. The number of nitrogens with one attached hydrogen (secondary N) is 1. The molecule has 2 aromatic carbocycles. The molecule has 2 aromatic rings. The highest BCUT2D eigenvalue weighted by Crippen LogP contribution is 2.34. The lowest BCUT2D eigenvalue weighted by atomic mass is 10.2. The molecule has 0 saturated heterocycles. The Bertz CT molecular complexity index is 989. The Labute approximate surface area is 176 Å². The smallest absolute Gasteiger partial charge is 0.241 e. The summed E-state index contributed by atoms with van der Waals surface area (Å²) in [6.45, 7) is 4.66. The van der Waals surface area contributed by atoms with Crippen LogP contribution >= 0.6 is 0 Å². The Balaban J connectivity index is 1.65. The summed E-state index contributed by atoms with van der Waals surface area (Å²) in [6, 6.07) is 12.2. The number of hydrogen-bond acceptors (Lipinski definition) is 6. The minimum absolute atomic E-state index is 0.0816. The second kappa shape index (κ2) is 9.25. The van der Waals surface area contributed by atoms with E-state index in [1.54, 1.807) is 18.2 Å². The molecule has 0 radical (unpaired) electrons. The van der Waals surface area contributed by atoms with Crippen molar-refractivity contribution in [2.24, 2.45) is 0 Å². The van der Waals surface area contributed by atoms with Crippen molar-refractivity contribution >= 4 is 21.6 Å². The maximum atomic E-state index is 12.5. The van der Waals surface area contributed by atoms with Gasteiger partial charge in [-0.05, 0) is 43.7 Å². The third kappa shape index (κ3) is 5.79. The molecular weight excluding hydrogens is 408 g/mol. The lowest BCUT2D eigenvalue weighted by molar-refractivity contribution is -0.119. The van der Waals surface area contributed by atoms with Gasteiger partial charge in [0.25, 0.3) is 0 Å². The van der Waals surface area contributed by atoms with Crippen LogP contribution in [0.5, 0.6) is 17.2 Å². The zero-order chi connectivity index (χ0) is 21.7. The molecule has 1 N–H and O–H groups in total. The monoisotopic (exact) mass is 434 g/mol. The number of anilines is 1. The van der Waals surface area contributed by atoms with E-state index in [4.69, 9.17) is 14.2 Å². The number of benzene rings is 2. The lowest BCUT2D eigenvalue weighted by Crippen LogP contribution is -2.40. The van der Waals surface area contributed by atoms with Gasteiger partial charge in [0.15, 0.2) is 11.5 Å². The molecule has 3 rings (SSSR count). The number of rotatable bonds is 8. The van der Waals surface area contributed by atoms with Crippen molar-refractivity contribution < 1.29 is 27.4 Å². The topological polar surface area (TPSA) is 94.2 Å². The standard InChI is InChI=1S/C21H26N2O6S/c1-15(2)29-18-7-4-16(5-8-18)13-22-21(24)14-23(30(3,25)26)17-6-9-19-20(12-17)28-11-10-27-19/h4-9,12,15H,10-11,13-14H2,1-3H3,(H,22,24). The Morgan fingerprint density at radius 2 is 1.77 bits per heavy atom. The average Bonchev–Trinajstić information content (AvgIpc) is 2.70. The van der Waals surface area contributed by atoms with Gasteiger partial charge >= 0.3 is 0 Å². The lowest BCUT2D eigenvalue weighted by Gasteiger charge is -2.24. The maximum Gasteiger partial charge on any atom is 0.241 e. The quantitative estimate of drug-likeness (QED) is 0.685. The largest absolute Gasteiger partial charge is 0.491 e. The molecule has 1 amide bonds. The van der Waals surface area contributed by atoms with Crippen molar-refractivity contribution in [2.45, 2.75) is 26.5 Å². The second-order valence-electron chi connectivity index (χ2n) is 7.18. The summed E-state index contributed by atoms with van der Waals surface area (Å²) in [7, 11) is -3.68. The maximum absolute atomic E-state index is 12.5. The fourth-order valence-electron chi connectivity index (χ4n) is 2.93. The fourth-order valence-corrected chi connectivity index (χ4v) is 3.78. The van der Waals surface area contributed by atoms with E-state index in [2.05, 4.69) is 5.32 Å². The molecule has 1 aliphatic rings. The number of nitrogens with zero attached hydrogens (tertiary/aromatic N) is 1. The van der Waals surface area contributed by atoms with Crippen LogP contribution in [-0.4, -0.2) is 46.4 Å². The molecule has 1 aliphatic heterocycles. The molecule has 0 fully saturated rings. The highest BCUT2D eigenvalue weighted by molar-refractivity contribution is 7.92. The normalized spacial score (nSPS) is 13.1. The first-order valence-corrected chi connectivity index (χ1v) is 11.5. The number of hydrogen-bond donors (Lipinski definition) is 1. The summed E-state index contributed by atoms with van der Waals surface area (Å²) in [5.41, 5.74) is 1.22. The van der Waals surface area contributed by atoms with E-state index in [0.717, 1.165) is 21.9 Å². The van der Waals surface area contributed by atoms with Gasteiger partial charge < -0.3 is 19.5 Å². The Morgan fingerprint density at radius 3 is 2.40 bits per heavy atom. The zero-order valence-corrected chi connectivity index (χ0v) is 18.1. The molecule has 0 spiro atoms. The Hall–Kier alpha value is -2.94. The van der Waals surface area contributed by atoms with Crippen LogP contribution in [0, 0.1) is 0 Å².